The summed E-state index contributed by atoms with van der Waals surface area (Å²) < 4.78 is 88.3. The third kappa shape index (κ3) is 19.4. The molecule has 13 rings (SSSR count). The van der Waals surface area contributed by atoms with Gasteiger partial charge in [0.1, 0.15) is 28.5 Å². The third-order valence-corrected chi connectivity index (χ3v) is 16.4. The van der Waals surface area contributed by atoms with Crippen LogP contribution in [0.1, 0.15) is 142 Å². The van der Waals surface area contributed by atoms with Crippen molar-refractivity contribution in [1.29, 1.82) is 0 Å². The predicted molar refractivity (Wildman–Crippen MR) is 395 cm³/mol. The monoisotopic (exact) mass is 1460 g/mol. The van der Waals surface area contributed by atoms with Gasteiger partial charge in [0, 0.05) is 52.0 Å². The number of carbonyl (C=O) groups excluding carboxylic acids is 1. The summed E-state index contributed by atoms with van der Waals surface area (Å²) in [5.41, 5.74) is 17.5. The van der Waals surface area contributed by atoms with Crippen LogP contribution >= 0.6 is 0 Å². The van der Waals surface area contributed by atoms with Crippen molar-refractivity contribution in [3.63, 3.8) is 0 Å². The van der Waals surface area contributed by atoms with Crippen molar-refractivity contribution in [2.24, 2.45) is 0 Å². The Labute approximate surface area is 612 Å². The standard InChI is InChI=1S/C18H17N3O2.C17H18N4.C17H17N3.C14H14F3N3O2.C13H12F3N3O2/c1-12(2)21-17(16(18(22)23)19-20-21)15-10-8-14(9-11-15)13-6-4-3-5-7-13;1-12(2)21-17(18)16(19-20-21)15-10-8-14(9-11-15)13-6-4-3-5-7-13;1-13(2)20-12-17(18-19-20)16-10-8-15(9-11-16)14-6-4-3-5-7-14;1-8(2)20-12(11(18-19-20)13(21)22-3)9-4-6-10(7-5-9)14(15,16)17;1-7(2)19-11(10(12(20)21)17-18-19)8-3-5-9(6-4-8)13(14,15)16/h3-12H,1-2H3,(H,22,23);3-12H,18H2,1-2H3;3-13H,1-2H3;4-8H,1-3H3;3-7H,1-2H3,(H,20,21). The zero-order chi connectivity index (χ0) is 77.4. The van der Waals surface area contributed by atoms with Gasteiger partial charge in [-0.1, -0.05) is 214 Å². The Bertz CT molecular complexity index is 5060. The Morgan fingerprint density at radius 1 is 0.355 bits per heavy atom. The van der Waals surface area contributed by atoms with Crippen LogP contribution in [0, 0.1) is 0 Å². The van der Waals surface area contributed by atoms with Crippen LogP contribution in [0.15, 0.2) is 219 Å². The summed E-state index contributed by atoms with van der Waals surface area (Å²) in [4.78, 5) is 34.3. The maximum Gasteiger partial charge on any atom is 0.416 e. The van der Waals surface area contributed by atoms with Gasteiger partial charge in [-0.2, -0.15) is 26.3 Å². The minimum absolute atomic E-state index is 0.0221. The topological polar surface area (TPSA) is 280 Å². The number of carboxylic acids is 2. The first kappa shape index (κ1) is 78.4. The Hall–Kier alpha value is -12.8. The van der Waals surface area contributed by atoms with E-state index in [9.17, 15) is 45.8 Å². The molecule has 0 saturated heterocycles. The molecule has 0 aliphatic carbocycles. The molecule has 0 fully saturated rings. The Morgan fingerprint density at radius 3 is 0.944 bits per heavy atom. The van der Waals surface area contributed by atoms with Crippen LogP contribution in [-0.4, -0.2) is 110 Å². The number of hydrogen-bond donors (Lipinski definition) is 3. The van der Waals surface area contributed by atoms with E-state index in [0.717, 1.165) is 63.5 Å². The first-order chi connectivity index (χ1) is 50.9. The molecule has 0 amide bonds. The fourth-order valence-electron chi connectivity index (χ4n) is 10.8. The molecule has 8 aromatic carbocycles. The van der Waals surface area contributed by atoms with Gasteiger partial charge < -0.3 is 20.7 Å². The lowest BCUT2D eigenvalue weighted by Gasteiger charge is -2.12. The highest BCUT2D eigenvalue weighted by Crippen LogP contribution is 2.36. The molecule has 0 unspecified atom stereocenters. The van der Waals surface area contributed by atoms with E-state index in [0.29, 0.717) is 34.4 Å². The number of esters is 1. The summed E-state index contributed by atoms with van der Waals surface area (Å²) in [6.45, 7) is 19.3. The van der Waals surface area contributed by atoms with Crippen molar-refractivity contribution in [3.05, 3.63) is 247 Å². The number of anilines is 1. The fraction of sp³-hybridized carbons (Fsp3) is 0.228. The highest BCUT2D eigenvalue weighted by molar-refractivity contribution is 5.95. The summed E-state index contributed by atoms with van der Waals surface area (Å²) in [6.07, 6.45) is -6.87. The SMILES string of the molecule is CC(C)n1cc(-c2ccc(-c3ccccc3)cc2)nn1.CC(C)n1nnc(-c2ccc(-c3ccccc3)cc2)c1N.CC(C)n1nnc(C(=O)O)c1-c1ccc(-c2ccccc2)cc1.CC(C)n1nnc(C(=O)O)c1-c1ccc(C(F)(F)F)cc1.COC(=O)c1nnn(C(C)C)c1-c1ccc(C(F)(F)F)cc1. The second-order valence-electron chi connectivity index (χ2n) is 25.6. The Morgan fingerprint density at radius 2 is 0.645 bits per heavy atom. The Balaban J connectivity index is 0.000000155. The molecule has 22 nitrogen and oxygen atoms in total. The van der Waals surface area contributed by atoms with Crippen molar-refractivity contribution < 1.29 is 55.7 Å². The van der Waals surface area contributed by atoms with Crippen LogP contribution < -0.4 is 5.73 Å². The summed E-state index contributed by atoms with van der Waals surface area (Å²) >= 11 is 0. The number of aromatic carboxylic acids is 2. The molecule has 0 saturated carbocycles. The number of aromatic nitrogens is 15. The van der Waals surface area contributed by atoms with Gasteiger partial charge in [-0.3, -0.25) is 0 Å². The zero-order valence-electron chi connectivity index (χ0n) is 60.3. The van der Waals surface area contributed by atoms with E-state index < -0.39 is 41.4 Å². The minimum atomic E-state index is -4.44. The van der Waals surface area contributed by atoms with Crippen LogP contribution in [0.25, 0.3) is 89.7 Å². The summed E-state index contributed by atoms with van der Waals surface area (Å²) in [5.74, 6) is -2.44. The molecule has 5 aromatic heterocycles. The number of nitrogens with zero attached hydrogens (tertiary/aromatic N) is 15. The van der Waals surface area contributed by atoms with E-state index in [1.54, 1.807) is 23.2 Å². The lowest BCUT2D eigenvalue weighted by molar-refractivity contribution is -0.138. The molecule has 5 heterocycles. The molecule has 0 aliphatic heterocycles. The molecule has 0 aliphatic rings. The zero-order valence-corrected chi connectivity index (χ0v) is 60.3. The summed E-state index contributed by atoms with van der Waals surface area (Å²) in [5, 5.41) is 57.9. The average Bonchev–Trinajstić information content (AvgIpc) is 1.69. The molecular weight excluding hydrogens is 1380 g/mol. The lowest BCUT2D eigenvalue weighted by atomic mass is 10.0. The van der Waals surface area contributed by atoms with Gasteiger partial charge in [-0.05, 0) is 127 Å². The van der Waals surface area contributed by atoms with Gasteiger partial charge in [-0.15, -0.1) is 25.5 Å². The average molecular weight is 1460 g/mol. The number of alkyl halides is 6. The number of nitrogen functional groups attached to an aromatic ring is 1. The molecular formula is C79H78F6N16O6. The van der Waals surface area contributed by atoms with Crippen molar-refractivity contribution in [3.8, 4) is 89.7 Å². The van der Waals surface area contributed by atoms with Gasteiger partial charge in [0.25, 0.3) is 0 Å². The first-order valence-corrected chi connectivity index (χ1v) is 33.8. The van der Waals surface area contributed by atoms with Crippen molar-refractivity contribution in [2.75, 3.05) is 12.8 Å². The smallest absolute Gasteiger partial charge is 0.416 e. The number of carbonyl (C=O) groups is 3. The molecule has 4 N–H and O–H groups in total. The fourth-order valence-corrected chi connectivity index (χ4v) is 10.8. The molecule has 0 bridgehead atoms. The second-order valence-corrected chi connectivity index (χ2v) is 25.6. The van der Waals surface area contributed by atoms with Gasteiger partial charge in [0.05, 0.1) is 30.5 Å². The maximum absolute atomic E-state index is 12.6. The quantitative estimate of drug-likeness (QED) is 0.0599. The number of carboxylic acid groups (broad SMARTS) is 2. The molecule has 0 radical (unpaired) electrons. The van der Waals surface area contributed by atoms with Crippen molar-refractivity contribution in [1.82, 2.24) is 75.0 Å². The van der Waals surface area contributed by atoms with E-state index in [-0.39, 0.29) is 46.9 Å². The van der Waals surface area contributed by atoms with Crippen LogP contribution in [0.4, 0.5) is 32.2 Å². The van der Waals surface area contributed by atoms with E-state index in [1.807, 2.05) is 143 Å². The molecule has 0 spiro atoms. The first-order valence-electron chi connectivity index (χ1n) is 33.8. The normalized spacial score (nSPS) is 11.3. The lowest BCUT2D eigenvalue weighted by Crippen LogP contribution is -2.09. The van der Waals surface area contributed by atoms with Crippen molar-refractivity contribution in [2.45, 2.75) is 112 Å². The third-order valence-electron chi connectivity index (χ3n) is 16.4. The van der Waals surface area contributed by atoms with Gasteiger partial charge in [-0.25, -0.2) is 37.8 Å². The van der Waals surface area contributed by atoms with Gasteiger partial charge >= 0.3 is 30.3 Å². The Kier molecular flexibility index (Phi) is 25.4. The molecule has 0 atom stereocenters. The van der Waals surface area contributed by atoms with Crippen LogP contribution in [0.5, 0.6) is 0 Å². The van der Waals surface area contributed by atoms with Gasteiger partial charge in [0.15, 0.2) is 22.9 Å². The van der Waals surface area contributed by atoms with Crippen LogP contribution in [0.3, 0.4) is 0 Å². The van der Waals surface area contributed by atoms with E-state index in [2.05, 4.69) is 143 Å². The highest BCUT2D eigenvalue weighted by atomic mass is 19.4. The highest BCUT2D eigenvalue weighted by Gasteiger charge is 2.33. The second kappa shape index (κ2) is 34.7. The van der Waals surface area contributed by atoms with Crippen LogP contribution in [0.2, 0.25) is 0 Å². The van der Waals surface area contributed by atoms with E-state index in [4.69, 9.17) is 10.8 Å². The predicted octanol–water partition coefficient (Wildman–Crippen LogP) is 18.4. The number of ether oxygens (including phenoxy) is 1. The maximum atomic E-state index is 12.6. The number of nitrogens with two attached hydrogens (primary N) is 1. The number of halogens is 6. The van der Waals surface area contributed by atoms with Crippen molar-refractivity contribution >= 4 is 23.7 Å². The molecule has 13 aromatic rings. The van der Waals surface area contributed by atoms with E-state index >= 15 is 0 Å². The number of hydrogen-bond acceptors (Lipinski definition) is 15. The summed E-state index contributed by atoms with van der Waals surface area (Å²) in [7, 11) is 1.20. The number of rotatable bonds is 16. The minimum Gasteiger partial charge on any atom is -0.476 e. The number of methoxy groups -OCH3 is 1. The molecule has 107 heavy (non-hydrogen) atoms. The molecule has 552 valence electrons. The largest absolute Gasteiger partial charge is 0.476 e. The van der Waals surface area contributed by atoms with Crippen LogP contribution in [-0.2, 0) is 17.1 Å². The number of benzene rings is 8. The van der Waals surface area contributed by atoms with E-state index in [1.165, 1.54) is 63.0 Å². The summed E-state index contributed by atoms with van der Waals surface area (Å²) in [6, 6.07) is 64.1. The molecule has 28 heteroatoms. The van der Waals surface area contributed by atoms with Gasteiger partial charge in [0.2, 0.25) is 0 Å².